The standard InChI is InChI=1S/C12H14N2O3S/c15-11-7-9(12(16)17)8-14(11)5-6-18-10-3-1-2-4-13-10/h1-4,9H,5-8H2,(H,16,17). The summed E-state index contributed by atoms with van der Waals surface area (Å²) in [6, 6.07) is 5.68. The zero-order valence-corrected chi connectivity index (χ0v) is 10.6. The van der Waals surface area contributed by atoms with Crippen LogP contribution in [0.4, 0.5) is 0 Å². The van der Waals surface area contributed by atoms with Gasteiger partial charge in [-0.25, -0.2) is 4.98 Å². The molecule has 1 aliphatic heterocycles. The summed E-state index contributed by atoms with van der Waals surface area (Å²) in [7, 11) is 0. The molecule has 0 aliphatic carbocycles. The van der Waals surface area contributed by atoms with E-state index in [0.717, 1.165) is 10.8 Å². The van der Waals surface area contributed by atoms with Crippen molar-refractivity contribution in [1.82, 2.24) is 9.88 Å². The summed E-state index contributed by atoms with van der Waals surface area (Å²) in [4.78, 5) is 28.2. The highest BCUT2D eigenvalue weighted by Crippen LogP contribution is 2.20. The van der Waals surface area contributed by atoms with E-state index in [4.69, 9.17) is 5.11 Å². The number of thioether (sulfide) groups is 1. The van der Waals surface area contributed by atoms with Gasteiger partial charge in [-0.3, -0.25) is 9.59 Å². The van der Waals surface area contributed by atoms with Gasteiger partial charge in [-0.15, -0.1) is 11.8 Å². The first-order valence-electron chi connectivity index (χ1n) is 5.71. The van der Waals surface area contributed by atoms with Gasteiger partial charge in [0.15, 0.2) is 0 Å². The second-order valence-corrected chi connectivity index (χ2v) is 5.21. The number of carboxylic acid groups (broad SMARTS) is 1. The molecule has 0 radical (unpaired) electrons. The fourth-order valence-corrected chi connectivity index (χ4v) is 2.68. The largest absolute Gasteiger partial charge is 0.481 e. The number of aliphatic carboxylic acids is 1. The van der Waals surface area contributed by atoms with E-state index in [9.17, 15) is 9.59 Å². The number of aromatic nitrogens is 1. The molecule has 1 atom stereocenters. The first-order valence-corrected chi connectivity index (χ1v) is 6.70. The third-order valence-corrected chi connectivity index (χ3v) is 3.74. The monoisotopic (exact) mass is 266 g/mol. The van der Waals surface area contributed by atoms with E-state index in [1.54, 1.807) is 22.9 Å². The molecule has 1 N–H and O–H groups in total. The van der Waals surface area contributed by atoms with E-state index in [1.807, 2.05) is 18.2 Å². The van der Waals surface area contributed by atoms with Crippen LogP contribution in [0.15, 0.2) is 29.4 Å². The Morgan fingerprint density at radius 3 is 3.00 bits per heavy atom. The van der Waals surface area contributed by atoms with Crippen LogP contribution in [0.1, 0.15) is 6.42 Å². The van der Waals surface area contributed by atoms with Crippen molar-refractivity contribution in [1.29, 1.82) is 0 Å². The topological polar surface area (TPSA) is 70.5 Å². The summed E-state index contributed by atoms with van der Waals surface area (Å²) in [6.45, 7) is 0.904. The zero-order chi connectivity index (χ0) is 13.0. The van der Waals surface area contributed by atoms with Crippen LogP contribution in [0, 0.1) is 5.92 Å². The summed E-state index contributed by atoms with van der Waals surface area (Å²) >= 11 is 1.57. The van der Waals surface area contributed by atoms with Crippen LogP contribution in [0.5, 0.6) is 0 Å². The predicted molar refractivity (Wildman–Crippen MR) is 67.3 cm³/mol. The Hall–Kier alpha value is -1.56. The normalized spacial score (nSPS) is 19.2. The van der Waals surface area contributed by atoms with E-state index in [0.29, 0.717) is 13.1 Å². The summed E-state index contributed by atoms with van der Waals surface area (Å²) in [5, 5.41) is 9.77. The second-order valence-electron chi connectivity index (χ2n) is 4.10. The SMILES string of the molecule is O=C(O)C1CC(=O)N(CCSc2ccccn2)C1. The average molecular weight is 266 g/mol. The lowest BCUT2D eigenvalue weighted by atomic mass is 10.1. The number of hydrogen-bond donors (Lipinski definition) is 1. The highest BCUT2D eigenvalue weighted by atomic mass is 32.2. The Bertz CT molecular complexity index is 438. The minimum Gasteiger partial charge on any atom is -0.481 e. The van der Waals surface area contributed by atoms with Crippen LogP contribution in [-0.2, 0) is 9.59 Å². The van der Waals surface area contributed by atoms with Crippen molar-refractivity contribution in [2.75, 3.05) is 18.8 Å². The van der Waals surface area contributed by atoms with Gasteiger partial charge in [0.2, 0.25) is 5.91 Å². The number of nitrogens with zero attached hydrogens (tertiary/aromatic N) is 2. The van der Waals surface area contributed by atoms with Crippen LogP contribution in [0.3, 0.4) is 0 Å². The van der Waals surface area contributed by atoms with Gasteiger partial charge in [0.25, 0.3) is 0 Å². The van der Waals surface area contributed by atoms with Crippen LogP contribution in [0.2, 0.25) is 0 Å². The van der Waals surface area contributed by atoms with Crippen LogP contribution in [0.25, 0.3) is 0 Å². The van der Waals surface area contributed by atoms with E-state index in [2.05, 4.69) is 4.98 Å². The number of carbonyl (C=O) groups is 2. The van der Waals surface area contributed by atoms with Crippen molar-refractivity contribution in [3.8, 4) is 0 Å². The Balaban J connectivity index is 1.78. The molecular formula is C12H14N2O3S. The molecule has 6 heteroatoms. The van der Waals surface area contributed by atoms with Gasteiger partial charge < -0.3 is 10.0 Å². The molecule has 1 aromatic heterocycles. The molecule has 2 heterocycles. The van der Waals surface area contributed by atoms with Gasteiger partial charge in [-0.2, -0.15) is 0 Å². The van der Waals surface area contributed by atoms with Gasteiger partial charge >= 0.3 is 5.97 Å². The van der Waals surface area contributed by atoms with E-state index in [-0.39, 0.29) is 12.3 Å². The van der Waals surface area contributed by atoms with Crippen molar-refractivity contribution in [3.05, 3.63) is 24.4 Å². The third kappa shape index (κ3) is 3.22. The molecule has 1 amide bonds. The second kappa shape index (κ2) is 5.86. The molecule has 2 rings (SSSR count). The molecule has 0 saturated carbocycles. The number of rotatable bonds is 5. The van der Waals surface area contributed by atoms with Crippen molar-refractivity contribution in [2.24, 2.45) is 5.92 Å². The summed E-state index contributed by atoms with van der Waals surface area (Å²) in [5.74, 6) is -0.764. The molecule has 18 heavy (non-hydrogen) atoms. The van der Waals surface area contributed by atoms with E-state index in [1.165, 1.54) is 0 Å². The maximum Gasteiger partial charge on any atom is 0.308 e. The van der Waals surface area contributed by atoms with Crippen LogP contribution in [-0.4, -0.2) is 45.7 Å². The fraction of sp³-hybridized carbons (Fsp3) is 0.417. The lowest BCUT2D eigenvalue weighted by molar-refractivity contribution is -0.141. The number of carboxylic acids is 1. The summed E-state index contributed by atoms with van der Waals surface area (Å²) < 4.78 is 0. The highest BCUT2D eigenvalue weighted by Gasteiger charge is 2.33. The third-order valence-electron chi connectivity index (χ3n) is 2.81. The van der Waals surface area contributed by atoms with E-state index >= 15 is 0 Å². The molecule has 1 aliphatic rings. The lowest BCUT2D eigenvalue weighted by Crippen LogP contribution is -2.28. The molecule has 5 nitrogen and oxygen atoms in total. The zero-order valence-electron chi connectivity index (χ0n) is 9.78. The molecule has 0 aromatic carbocycles. The molecule has 96 valence electrons. The molecule has 1 fully saturated rings. The Kier molecular flexibility index (Phi) is 4.19. The summed E-state index contributed by atoms with van der Waals surface area (Å²) in [5.41, 5.74) is 0. The minimum atomic E-state index is -0.886. The van der Waals surface area contributed by atoms with Crippen molar-refractivity contribution in [2.45, 2.75) is 11.4 Å². The number of hydrogen-bond acceptors (Lipinski definition) is 4. The van der Waals surface area contributed by atoms with Gasteiger partial charge in [-0.1, -0.05) is 6.07 Å². The van der Waals surface area contributed by atoms with Gasteiger partial charge in [0, 0.05) is 31.5 Å². The predicted octanol–water partition coefficient (Wildman–Crippen LogP) is 1.11. The number of pyridine rings is 1. The van der Waals surface area contributed by atoms with E-state index < -0.39 is 11.9 Å². The smallest absolute Gasteiger partial charge is 0.308 e. The summed E-state index contributed by atoms with van der Waals surface area (Å²) in [6.07, 6.45) is 1.85. The van der Waals surface area contributed by atoms with Crippen molar-refractivity contribution >= 4 is 23.6 Å². The molecule has 1 saturated heterocycles. The van der Waals surface area contributed by atoms with Gasteiger partial charge in [0.1, 0.15) is 0 Å². The van der Waals surface area contributed by atoms with Crippen LogP contribution >= 0.6 is 11.8 Å². The molecule has 1 unspecified atom stereocenters. The lowest BCUT2D eigenvalue weighted by Gasteiger charge is -2.15. The quantitative estimate of drug-likeness (QED) is 0.808. The Labute approximate surface area is 109 Å². The first kappa shape index (κ1) is 12.9. The molecule has 0 spiro atoms. The number of carbonyl (C=O) groups excluding carboxylic acids is 1. The van der Waals surface area contributed by atoms with Crippen LogP contribution < -0.4 is 0 Å². The average Bonchev–Trinajstić information content (AvgIpc) is 2.73. The number of amides is 1. The van der Waals surface area contributed by atoms with Crippen molar-refractivity contribution < 1.29 is 14.7 Å². The fourth-order valence-electron chi connectivity index (χ4n) is 1.85. The Morgan fingerprint density at radius 1 is 1.56 bits per heavy atom. The van der Waals surface area contributed by atoms with Gasteiger partial charge in [0.05, 0.1) is 10.9 Å². The molecule has 0 bridgehead atoms. The molecular weight excluding hydrogens is 252 g/mol. The maximum absolute atomic E-state index is 11.6. The van der Waals surface area contributed by atoms with Crippen molar-refractivity contribution in [3.63, 3.8) is 0 Å². The first-order chi connectivity index (χ1) is 8.66. The minimum absolute atomic E-state index is 0.0657. The Morgan fingerprint density at radius 2 is 2.39 bits per heavy atom. The number of likely N-dealkylation sites (tertiary alicyclic amines) is 1. The molecule has 1 aromatic rings. The maximum atomic E-state index is 11.6. The van der Waals surface area contributed by atoms with Gasteiger partial charge in [-0.05, 0) is 12.1 Å². The highest BCUT2D eigenvalue weighted by molar-refractivity contribution is 7.99.